The molecule has 26 rings (SSSR count). The van der Waals surface area contributed by atoms with E-state index in [0.29, 0.717) is 30.2 Å². The molecule has 21 aromatic rings. The second-order valence-electron chi connectivity index (χ2n) is 25.1. The van der Waals surface area contributed by atoms with Gasteiger partial charge in [-0.25, -0.2) is 63.9 Å². The van der Waals surface area contributed by atoms with E-state index in [1.807, 2.05) is 116 Å². The first-order valence-electron chi connectivity index (χ1n) is 34.4. The van der Waals surface area contributed by atoms with Crippen LogP contribution in [0.3, 0.4) is 0 Å². The van der Waals surface area contributed by atoms with Crippen LogP contribution < -0.4 is 22.8 Å². The lowest BCUT2D eigenvalue weighted by molar-refractivity contribution is -0.651. The van der Waals surface area contributed by atoms with Gasteiger partial charge in [0.05, 0.1) is 130 Å². The van der Waals surface area contributed by atoms with Gasteiger partial charge in [0.25, 0.3) is 45.2 Å². The fraction of sp³-hybridized carbons (Fsp3) is 0.0959. The van der Waals surface area contributed by atoms with Gasteiger partial charge in [-0.3, -0.25) is 39.9 Å². The first-order valence-corrected chi connectivity index (χ1v) is 33.8. The smallest absolute Gasteiger partial charge is 0.390 e. The van der Waals surface area contributed by atoms with Crippen molar-refractivity contribution in [2.24, 2.45) is 14.0 Å². The lowest BCUT2D eigenvalue weighted by Crippen LogP contribution is -2.32. The molecule has 0 aliphatic carbocycles. The zero-order valence-electron chi connectivity index (χ0n) is 57.1. The van der Waals surface area contributed by atoms with Gasteiger partial charge in [0.15, 0.2) is 5.01 Å². The maximum Gasteiger partial charge on any atom is 0.390 e. The van der Waals surface area contributed by atoms with E-state index < -0.39 is 6.98 Å². The van der Waals surface area contributed by atoms with Crippen molar-refractivity contribution in [1.82, 2.24) is 110 Å². The van der Waals surface area contributed by atoms with Gasteiger partial charge in [0, 0.05) is 55.5 Å². The summed E-state index contributed by atoms with van der Waals surface area (Å²) in [5.41, 5.74) is 23.7. The van der Waals surface area contributed by atoms with Crippen LogP contribution in [0, 0.1) is 0 Å². The number of hydrogen-bond donors (Lipinski definition) is 0. The van der Waals surface area contributed by atoms with Crippen LogP contribution in [0.5, 0.6) is 0 Å². The van der Waals surface area contributed by atoms with Gasteiger partial charge in [-0.2, -0.15) is 19.5 Å². The summed E-state index contributed by atoms with van der Waals surface area (Å²) >= 11 is 1.75. The number of thiazole rings is 1. The second-order valence-corrected chi connectivity index (χ2v) is 26.0. The molecule has 0 atom stereocenters. The Kier molecular flexibility index (Phi) is 11.3. The lowest BCUT2D eigenvalue weighted by Gasteiger charge is -2.02. The third-order valence-electron chi connectivity index (χ3n) is 19.5. The Hall–Kier alpha value is -14.2. The van der Waals surface area contributed by atoms with Crippen LogP contribution in [0.2, 0.25) is 0 Å². The van der Waals surface area contributed by atoms with Gasteiger partial charge >= 0.3 is 22.9 Å². The molecule has 0 spiro atoms. The fourth-order valence-corrected chi connectivity index (χ4v) is 16.3. The monoisotopic (exact) mass is 1370 g/mol. The van der Waals surface area contributed by atoms with E-state index in [2.05, 4.69) is 151 Å². The van der Waals surface area contributed by atoms with Crippen LogP contribution in [0.25, 0.3) is 146 Å². The topological polar surface area (TPSA) is 263 Å². The van der Waals surface area contributed by atoms with Crippen LogP contribution in [-0.4, -0.2) is 110 Å². The van der Waals surface area contributed by atoms with Gasteiger partial charge in [-0.05, 0) is 82.8 Å². The Morgan fingerprint density at radius 3 is 1.47 bits per heavy atom. The van der Waals surface area contributed by atoms with Crippen molar-refractivity contribution < 1.29 is 31.4 Å². The molecule has 103 heavy (non-hydrogen) atoms. The quantitative estimate of drug-likeness (QED) is 0.149. The standard InChI is InChI=1S/C19H13N6.2C14H11N6.C13H8N5O.C13H8N5S/c1-2-5-13(6-3-1)25-17-19(23-10-9-20-11-16(23)22-17)24-12-15-14(18(24)25)7-4-8-21-15;2*1-18-12-14(19-6-5-15-7-11(19)17-12)20-8-10-9(13(18)20)3-2-4-16-10;2*1-2-8-9(15-4-1)6-17-11-13(19-12(8)17)18-7-14-5-3-10(18)16-11/h1-11H,12H2;2*2-7H,8H2,1H3;2*1-5,7H,6H2/q5*+1/i;1D3;;;. The summed E-state index contributed by atoms with van der Waals surface area (Å²) in [6, 6.07) is 34.1. The number of aryl methyl sites for hydroxylation is 2. The summed E-state index contributed by atoms with van der Waals surface area (Å²) in [5.74, 6) is 3.73. The number of fused-ring (bicyclic) bond motifs is 35. The predicted octanol–water partition coefficient (Wildman–Crippen LogP) is 7.09. The largest absolute Gasteiger partial charge is 0.396 e. The predicted molar refractivity (Wildman–Crippen MR) is 373 cm³/mol. The first kappa shape index (κ1) is 53.8. The molecular formula is C73H51N28OS+5. The van der Waals surface area contributed by atoms with Crippen molar-refractivity contribution >= 4 is 95.3 Å². The Morgan fingerprint density at radius 1 is 0.398 bits per heavy atom. The van der Waals surface area contributed by atoms with E-state index in [1.165, 1.54) is 20.7 Å². The van der Waals surface area contributed by atoms with Crippen LogP contribution in [0.15, 0.2) is 219 Å². The summed E-state index contributed by atoms with van der Waals surface area (Å²) < 4.78 is 56.3. The highest BCUT2D eigenvalue weighted by Gasteiger charge is 2.40. The van der Waals surface area contributed by atoms with Gasteiger partial charge in [0.2, 0.25) is 39.2 Å². The van der Waals surface area contributed by atoms with E-state index >= 15 is 0 Å². The molecule has 0 amide bonds. The summed E-state index contributed by atoms with van der Waals surface area (Å²) in [4.78, 5) is 67.4. The van der Waals surface area contributed by atoms with E-state index in [-0.39, 0.29) is 0 Å². The number of aromatic nitrogens is 28. The summed E-state index contributed by atoms with van der Waals surface area (Å²) in [6.07, 6.45) is 32.3. The third-order valence-corrected chi connectivity index (χ3v) is 20.7. The maximum atomic E-state index is 7.95. The number of hydrogen-bond acceptors (Lipinski definition) is 17. The van der Waals surface area contributed by atoms with Gasteiger partial charge in [-0.1, -0.05) is 29.5 Å². The second kappa shape index (κ2) is 21.7. The fourth-order valence-electron chi connectivity index (χ4n) is 15.1. The molecule has 1 aromatic carbocycles. The van der Waals surface area contributed by atoms with E-state index in [0.717, 1.165) is 161 Å². The van der Waals surface area contributed by atoms with Crippen LogP contribution >= 0.6 is 11.3 Å². The van der Waals surface area contributed by atoms with Crippen LogP contribution in [-0.2, 0) is 46.7 Å². The minimum atomic E-state index is -2.33. The molecule has 5 aliphatic rings. The van der Waals surface area contributed by atoms with Gasteiger partial charge in [-0.15, -0.1) is 0 Å². The molecule has 5 aliphatic heterocycles. The molecule has 29 nitrogen and oxygen atoms in total. The number of para-hydroxylation sites is 1. The highest BCUT2D eigenvalue weighted by molar-refractivity contribution is 7.20. The number of oxazole rings is 1. The molecule has 20 aromatic heterocycles. The average molecular weight is 1370 g/mol. The average Bonchev–Trinajstić information content (AvgIpc) is 1.55. The minimum absolute atomic E-state index is 0.433. The molecule has 0 fully saturated rings. The Balaban J connectivity index is 0.0000000830. The number of pyridine rings is 5. The SMILES string of the molecule is Cn1c2[n+](c3c1nc1cnccn13)Cc1ncccc1-2.[2H]C([2H])([2H])n1c2[n+](c3c1nc1cnccn13)Cc1ncccc1-2.c1ccc(-n2c3[n+](c4c2nc2cnccn24)Cc2ncccc2-3)cc1.c1cnc2c(c1)-c1oc3c(nc4ccncn43)[n+]1C2.c1cnc2c(c1)-c1sc3c(nc4ccncn43)[n+]1C2. The highest BCUT2D eigenvalue weighted by atomic mass is 32.1. The van der Waals surface area contributed by atoms with E-state index in [9.17, 15) is 0 Å². The molecule has 0 saturated carbocycles. The summed E-state index contributed by atoms with van der Waals surface area (Å²) in [5, 5.41) is 1.24. The van der Waals surface area contributed by atoms with Gasteiger partial charge in [0.1, 0.15) is 51.1 Å². The molecule has 490 valence electrons. The Bertz CT molecular complexity index is 7090. The molecular weight excluding hydrogens is 1320 g/mol. The van der Waals surface area contributed by atoms with Gasteiger partial charge < -0.3 is 4.42 Å². The zero-order valence-corrected chi connectivity index (χ0v) is 54.9. The van der Waals surface area contributed by atoms with Crippen molar-refractivity contribution in [3.63, 3.8) is 0 Å². The molecule has 25 heterocycles. The summed E-state index contributed by atoms with van der Waals surface area (Å²) in [6.45, 7) is 1.25. The summed E-state index contributed by atoms with van der Waals surface area (Å²) in [7, 11) is 2.05. The zero-order chi connectivity index (χ0) is 70.2. The van der Waals surface area contributed by atoms with Crippen molar-refractivity contribution in [3.05, 3.63) is 243 Å². The van der Waals surface area contributed by atoms with Crippen molar-refractivity contribution in [2.75, 3.05) is 0 Å². The molecule has 0 radical (unpaired) electrons. The number of rotatable bonds is 1. The number of benzene rings is 1. The molecule has 0 saturated heterocycles. The molecule has 0 unspecified atom stereocenters. The van der Waals surface area contributed by atoms with Crippen molar-refractivity contribution in [3.8, 4) is 61.9 Å². The lowest BCUT2D eigenvalue weighted by atomic mass is 10.2. The first-order chi connectivity index (χ1) is 52.1. The van der Waals surface area contributed by atoms with E-state index in [4.69, 9.17) is 18.5 Å². The Labute approximate surface area is 586 Å². The van der Waals surface area contributed by atoms with Crippen LogP contribution in [0.4, 0.5) is 0 Å². The highest BCUT2D eigenvalue weighted by Crippen LogP contribution is 2.37. The van der Waals surface area contributed by atoms with E-state index in [1.54, 1.807) is 85.8 Å². The van der Waals surface area contributed by atoms with Crippen LogP contribution in [0.1, 0.15) is 32.6 Å². The molecule has 30 heteroatoms. The van der Waals surface area contributed by atoms with Crippen molar-refractivity contribution in [2.45, 2.75) is 32.7 Å². The number of nitrogens with zero attached hydrogens (tertiary/aromatic N) is 28. The molecule has 0 bridgehead atoms. The minimum Gasteiger partial charge on any atom is -0.396 e. The molecule has 0 N–H and O–H groups in total. The third kappa shape index (κ3) is 8.27. The van der Waals surface area contributed by atoms with Crippen molar-refractivity contribution in [1.29, 1.82) is 0 Å². The Morgan fingerprint density at radius 2 is 0.864 bits per heavy atom. The number of imidazole rings is 8. The normalized spacial score (nSPS) is 13.5. The maximum absolute atomic E-state index is 7.95.